The molecule has 0 aromatic carbocycles. The first-order chi connectivity index (χ1) is 16.5. The van der Waals surface area contributed by atoms with Gasteiger partial charge in [0.1, 0.15) is 0 Å². The fraction of sp³-hybridized carbons (Fsp3) is 0.931. The molecule has 2 heterocycles. The number of carbonyl (C=O) groups is 2. The maximum Gasteiger partial charge on any atom is 0.307 e. The molecule has 0 N–H and O–H groups in total. The summed E-state index contributed by atoms with van der Waals surface area (Å²) < 4.78 is 10.9. The predicted molar refractivity (Wildman–Crippen MR) is 142 cm³/mol. The molecule has 0 radical (unpaired) electrons. The van der Waals surface area contributed by atoms with Gasteiger partial charge in [0.15, 0.2) is 0 Å². The molecule has 6 nitrogen and oxygen atoms in total. The van der Waals surface area contributed by atoms with Gasteiger partial charge in [0.05, 0.1) is 26.1 Å². The highest BCUT2D eigenvalue weighted by Gasteiger charge is 2.29. The first kappa shape index (κ1) is 30.1. The van der Waals surface area contributed by atoms with E-state index in [9.17, 15) is 9.59 Å². The summed E-state index contributed by atoms with van der Waals surface area (Å²) in [7, 11) is 0. The summed E-state index contributed by atoms with van der Waals surface area (Å²) >= 11 is 0. The van der Waals surface area contributed by atoms with Crippen LogP contribution < -0.4 is 0 Å². The van der Waals surface area contributed by atoms with Crippen LogP contribution in [0.1, 0.15) is 99.3 Å². The topological polar surface area (TPSA) is 59.1 Å². The molecule has 0 bridgehead atoms. The van der Waals surface area contributed by atoms with E-state index in [2.05, 4.69) is 51.3 Å². The molecule has 2 aliphatic heterocycles. The molecule has 0 saturated carbocycles. The van der Waals surface area contributed by atoms with Crippen molar-refractivity contribution in [1.29, 1.82) is 0 Å². The minimum atomic E-state index is -0.0561. The van der Waals surface area contributed by atoms with Gasteiger partial charge in [-0.05, 0) is 67.9 Å². The zero-order chi connectivity index (χ0) is 25.9. The average molecular weight is 495 g/mol. The van der Waals surface area contributed by atoms with E-state index in [0.717, 1.165) is 76.8 Å². The summed E-state index contributed by atoms with van der Waals surface area (Å²) in [5, 5.41) is 0. The number of likely N-dealkylation sites (tertiary alicyclic amines) is 2. The monoisotopic (exact) mass is 494 g/mol. The van der Waals surface area contributed by atoms with Crippen molar-refractivity contribution in [3.63, 3.8) is 0 Å². The van der Waals surface area contributed by atoms with Crippen LogP contribution in [-0.4, -0.2) is 74.2 Å². The SMILES string of the molecule is CCC(C)(C)CCOC(=O)CCN1CCC(CC2CCN(CCC(=O)OCCC(C)(C)CC)C2)C1. The Bertz CT molecular complexity index is 595. The van der Waals surface area contributed by atoms with E-state index in [1.807, 2.05) is 0 Å². The highest BCUT2D eigenvalue weighted by Crippen LogP contribution is 2.29. The van der Waals surface area contributed by atoms with Crippen LogP contribution in [0.25, 0.3) is 0 Å². The molecule has 35 heavy (non-hydrogen) atoms. The van der Waals surface area contributed by atoms with Crippen molar-refractivity contribution < 1.29 is 19.1 Å². The van der Waals surface area contributed by atoms with Gasteiger partial charge in [0, 0.05) is 26.2 Å². The highest BCUT2D eigenvalue weighted by atomic mass is 16.5. The van der Waals surface area contributed by atoms with Crippen molar-refractivity contribution in [3.8, 4) is 0 Å². The molecule has 2 aliphatic rings. The molecule has 2 saturated heterocycles. The van der Waals surface area contributed by atoms with Crippen LogP contribution in [-0.2, 0) is 19.1 Å². The molecule has 204 valence electrons. The van der Waals surface area contributed by atoms with Crippen LogP contribution in [0.5, 0.6) is 0 Å². The van der Waals surface area contributed by atoms with Gasteiger partial charge in [-0.2, -0.15) is 0 Å². The molecule has 0 aromatic heterocycles. The minimum absolute atomic E-state index is 0.0561. The summed E-state index contributed by atoms with van der Waals surface area (Å²) in [6.07, 6.45) is 8.79. The molecule has 2 rings (SSSR count). The first-order valence-electron chi connectivity index (χ1n) is 14.3. The lowest BCUT2D eigenvalue weighted by Gasteiger charge is -2.22. The Morgan fingerprint density at radius 1 is 0.743 bits per heavy atom. The lowest BCUT2D eigenvalue weighted by Crippen LogP contribution is -2.26. The Kier molecular flexibility index (Phi) is 12.5. The van der Waals surface area contributed by atoms with E-state index in [4.69, 9.17) is 9.47 Å². The second kappa shape index (κ2) is 14.6. The van der Waals surface area contributed by atoms with Gasteiger partial charge in [-0.1, -0.05) is 54.4 Å². The summed E-state index contributed by atoms with van der Waals surface area (Å²) in [4.78, 5) is 29.1. The fourth-order valence-corrected chi connectivity index (χ4v) is 4.97. The summed E-state index contributed by atoms with van der Waals surface area (Å²) in [6, 6.07) is 0. The van der Waals surface area contributed by atoms with E-state index in [1.54, 1.807) is 0 Å². The Morgan fingerprint density at radius 3 is 1.51 bits per heavy atom. The lowest BCUT2D eigenvalue weighted by atomic mass is 9.87. The Labute approximate surface area is 215 Å². The Hall–Kier alpha value is -1.14. The Morgan fingerprint density at radius 2 is 1.14 bits per heavy atom. The van der Waals surface area contributed by atoms with Crippen molar-refractivity contribution in [2.45, 2.75) is 99.3 Å². The van der Waals surface area contributed by atoms with Crippen LogP contribution >= 0.6 is 0 Å². The summed E-state index contributed by atoms with van der Waals surface area (Å²) in [5.41, 5.74) is 0.487. The van der Waals surface area contributed by atoms with Crippen molar-refractivity contribution in [1.82, 2.24) is 9.80 Å². The third kappa shape index (κ3) is 12.1. The van der Waals surface area contributed by atoms with Crippen molar-refractivity contribution in [3.05, 3.63) is 0 Å². The largest absolute Gasteiger partial charge is 0.466 e. The minimum Gasteiger partial charge on any atom is -0.466 e. The molecule has 0 amide bonds. The van der Waals surface area contributed by atoms with Crippen LogP contribution in [0, 0.1) is 22.7 Å². The maximum absolute atomic E-state index is 12.1. The zero-order valence-corrected chi connectivity index (χ0v) is 23.7. The molecule has 0 spiro atoms. The molecule has 2 fully saturated rings. The Balaban J connectivity index is 1.54. The number of ether oxygens (including phenoxy) is 2. The second-order valence-electron chi connectivity index (χ2n) is 12.6. The van der Waals surface area contributed by atoms with Crippen LogP contribution in [0.4, 0.5) is 0 Å². The van der Waals surface area contributed by atoms with E-state index >= 15 is 0 Å². The summed E-state index contributed by atoms with van der Waals surface area (Å²) in [5.74, 6) is 1.35. The second-order valence-corrected chi connectivity index (χ2v) is 12.6. The number of carbonyl (C=O) groups excluding carboxylic acids is 2. The van der Waals surface area contributed by atoms with Gasteiger partial charge in [-0.15, -0.1) is 0 Å². The van der Waals surface area contributed by atoms with E-state index in [0.29, 0.717) is 26.1 Å². The van der Waals surface area contributed by atoms with Gasteiger partial charge in [0.25, 0.3) is 0 Å². The van der Waals surface area contributed by atoms with Gasteiger partial charge in [-0.3, -0.25) is 9.59 Å². The first-order valence-corrected chi connectivity index (χ1v) is 14.3. The quantitative estimate of drug-likeness (QED) is 0.263. The zero-order valence-electron chi connectivity index (χ0n) is 23.7. The van der Waals surface area contributed by atoms with Gasteiger partial charge >= 0.3 is 11.9 Å². The van der Waals surface area contributed by atoms with Crippen molar-refractivity contribution in [2.24, 2.45) is 22.7 Å². The van der Waals surface area contributed by atoms with Crippen LogP contribution in [0.2, 0.25) is 0 Å². The molecule has 2 atom stereocenters. The number of hydrogen-bond acceptors (Lipinski definition) is 6. The molecule has 2 unspecified atom stereocenters. The van der Waals surface area contributed by atoms with Gasteiger partial charge in [-0.25, -0.2) is 0 Å². The molecule has 0 aliphatic carbocycles. The smallest absolute Gasteiger partial charge is 0.307 e. The van der Waals surface area contributed by atoms with Gasteiger partial charge < -0.3 is 19.3 Å². The number of nitrogens with zero attached hydrogens (tertiary/aromatic N) is 2. The standard InChI is InChI=1S/C29H54N2O4/c1-7-28(3,4)13-19-34-26(32)11-17-30-15-9-24(22-30)21-25-10-16-31(23-25)18-12-27(33)35-20-14-29(5,6)8-2/h24-25H,7-23H2,1-6H3. The average Bonchev–Trinajstić information content (AvgIpc) is 3.45. The van der Waals surface area contributed by atoms with Crippen molar-refractivity contribution >= 4 is 11.9 Å². The number of hydrogen-bond donors (Lipinski definition) is 0. The van der Waals surface area contributed by atoms with Crippen LogP contribution in [0.15, 0.2) is 0 Å². The maximum atomic E-state index is 12.1. The summed E-state index contributed by atoms with van der Waals surface area (Å²) in [6.45, 7) is 20.4. The number of rotatable bonds is 16. The molecular formula is C29H54N2O4. The van der Waals surface area contributed by atoms with E-state index < -0.39 is 0 Å². The number of esters is 2. The van der Waals surface area contributed by atoms with E-state index in [1.165, 1.54) is 19.3 Å². The predicted octanol–water partition coefficient (Wildman–Crippen LogP) is 5.54. The molecular weight excluding hydrogens is 440 g/mol. The fourth-order valence-electron chi connectivity index (χ4n) is 4.97. The van der Waals surface area contributed by atoms with Crippen molar-refractivity contribution in [2.75, 3.05) is 52.5 Å². The molecule has 0 aromatic rings. The third-order valence-electron chi connectivity index (χ3n) is 8.67. The third-order valence-corrected chi connectivity index (χ3v) is 8.67. The lowest BCUT2D eigenvalue weighted by molar-refractivity contribution is -0.145. The van der Waals surface area contributed by atoms with Crippen LogP contribution in [0.3, 0.4) is 0 Å². The van der Waals surface area contributed by atoms with E-state index in [-0.39, 0.29) is 22.8 Å². The normalized spacial score (nSPS) is 22.0. The van der Waals surface area contributed by atoms with Gasteiger partial charge in [0.2, 0.25) is 0 Å². The molecule has 6 heteroatoms. The highest BCUT2D eigenvalue weighted by molar-refractivity contribution is 5.69.